The molecular formula is C10H5F5O2. The summed E-state index contributed by atoms with van der Waals surface area (Å²) in [5.74, 6) is -10.2. The number of hydrogen-bond donors (Lipinski definition) is 0. The van der Waals surface area contributed by atoms with E-state index in [1.165, 1.54) is 0 Å². The number of carbonyl (C=O) groups excluding carboxylic acids is 1. The van der Waals surface area contributed by atoms with Gasteiger partial charge in [-0.25, -0.2) is 22.0 Å². The first-order chi connectivity index (χ1) is 8.00. The van der Waals surface area contributed by atoms with Crippen molar-refractivity contribution in [1.29, 1.82) is 0 Å². The Bertz CT molecular complexity index is 441. The van der Waals surface area contributed by atoms with Crippen LogP contribution in [-0.4, -0.2) is 13.1 Å². The second kappa shape index (κ2) is 5.42. The minimum absolute atomic E-state index is 0.0723. The van der Waals surface area contributed by atoms with Crippen molar-refractivity contribution >= 4 is 12.5 Å². The lowest BCUT2D eigenvalue weighted by atomic mass is 10.1. The molecule has 0 aromatic heterocycles. The molecule has 0 aliphatic heterocycles. The fourth-order valence-corrected chi connectivity index (χ4v) is 1.03. The highest BCUT2D eigenvalue weighted by Crippen LogP contribution is 2.23. The van der Waals surface area contributed by atoms with Crippen LogP contribution in [0.4, 0.5) is 22.0 Å². The van der Waals surface area contributed by atoms with Crippen molar-refractivity contribution in [2.45, 2.75) is 0 Å². The van der Waals surface area contributed by atoms with Gasteiger partial charge in [-0.3, -0.25) is 4.79 Å². The maximum Gasteiger partial charge on any atom is 0.293 e. The first kappa shape index (κ1) is 13.1. The summed E-state index contributed by atoms with van der Waals surface area (Å²) in [5.41, 5.74) is -1.09. The summed E-state index contributed by atoms with van der Waals surface area (Å²) >= 11 is 0. The van der Waals surface area contributed by atoms with Gasteiger partial charge in [0.2, 0.25) is 5.82 Å². The van der Waals surface area contributed by atoms with Crippen LogP contribution < -0.4 is 0 Å². The largest absolute Gasteiger partial charge is 0.464 e. The van der Waals surface area contributed by atoms with E-state index in [1.54, 1.807) is 0 Å². The first-order valence-electron chi connectivity index (χ1n) is 4.24. The van der Waals surface area contributed by atoms with E-state index in [0.29, 0.717) is 6.08 Å². The second-order valence-corrected chi connectivity index (χ2v) is 2.82. The summed E-state index contributed by atoms with van der Waals surface area (Å²) in [4.78, 5) is 9.73. The monoisotopic (exact) mass is 252 g/mol. The van der Waals surface area contributed by atoms with E-state index in [1.807, 2.05) is 0 Å². The Morgan fingerprint density at radius 3 is 1.82 bits per heavy atom. The maximum atomic E-state index is 13.0. The Kier molecular flexibility index (Phi) is 4.19. The molecule has 0 saturated carbocycles. The molecule has 0 unspecified atom stereocenters. The van der Waals surface area contributed by atoms with Gasteiger partial charge in [0.05, 0.1) is 5.56 Å². The van der Waals surface area contributed by atoms with Gasteiger partial charge in [0.15, 0.2) is 23.3 Å². The van der Waals surface area contributed by atoms with Gasteiger partial charge in [0.25, 0.3) is 6.47 Å². The first-order valence-corrected chi connectivity index (χ1v) is 4.24. The highest BCUT2D eigenvalue weighted by Gasteiger charge is 2.23. The molecule has 0 fully saturated rings. The SMILES string of the molecule is O=COC/C=C/c1c(F)c(F)c(F)c(F)c1F. The van der Waals surface area contributed by atoms with Crippen molar-refractivity contribution in [3.05, 3.63) is 40.7 Å². The second-order valence-electron chi connectivity index (χ2n) is 2.82. The molecule has 0 amide bonds. The molecule has 7 heteroatoms. The molecule has 0 spiro atoms. The molecule has 0 N–H and O–H groups in total. The van der Waals surface area contributed by atoms with Crippen LogP contribution >= 0.6 is 0 Å². The zero-order chi connectivity index (χ0) is 13.0. The number of halogens is 5. The molecule has 1 rings (SSSR count). The lowest BCUT2D eigenvalue weighted by Gasteiger charge is -2.03. The van der Waals surface area contributed by atoms with Gasteiger partial charge in [-0.2, -0.15) is 0 Å². The van der Waals surface area contributed by atoms with Crippen LogP contribution in [0.15, 0.2) is 6.08 Å². The van der Waals surface area contributed by atoms with Crippen LogP contribution in [-0.2, 0) is 9.53 Å². The fraction of sp³-hybridized carbons (Fsp3) is 0.100. The van der Waals surface area contributed by atoms with Crippen LogP contribution in [0.5, 0.6) is 0 Å². The Morgan fingerprint density at radius 2 is 1.35 bits per heavy atom. The van der Waals surface area contributed by atoms with Crippen LogP contribution in [0.25, 0.3) is 6.08 Å². The Hall–Kier alpha value is -1.92. The van der Waals surface area contributed by atoms with Crippen molar-refractivity contribution in [1.82, 2.24) is 0 Å². The summed E-state index contributed by atoms with van der Waals surface area (Å²) in [5, 5.41) is 0. The van der Waals surface area contributed by atoms with Crippen molar-refractivity contribution in [2.24, 2.45) is 0 Å². The molecule has 92 valence electrons. The molecule has 1 aromatic rings. The molecular weight excluding hydrogens is 247 g/mol. The predicted octanol–water partition coefficient (Wildman–Crippen LogP) is 2.57. The van der Waals surface area contributed by atoms with E-state index >= 15 is 0 Å². The number of carbonyl (C=O) groups is 1. The summed E-state index contributed by atoms with van der Waals surface area (Å²) in [6.45, 7) is -0.272. The quantitative estimate of drug-likeness (QED) is 0.270. The zero-order valence-corrected chi connectivity index (χ0v) is 8.15. The minimum atomic E-state index is -2.22. The van der Waals surface area contributed by atoms with E-state index in [2.05, 4.69) is 4.74 Å². The lowest BCUT2D eigenvalue weighted by molar-refractivity contribution is -0.127. The molecule has 0 aliphatic rings. The van der Waals surface area contributed by atoms with Crippen molar-refractivity contribution in [2.75, 3.05) is 6.61 Å². The van der Waals surface area contributed by atoms with Crippen LogP contribution in [0.2, 0.25) is 0 Å². The Balaban J connectivity index is 3.16. The third kappa shape index (κ3) is 2.61. The van der Waals surface area contributed by atoms with Crippen molar-refractivity contribution < 1.29 is 31.5 Å². The third-order valence-electron chi connectivity index (χ3n) is 1.79. The molecule has 2 nitrogen and oxygen atoms in total. The Morgan fingerprint density at radius 1 is 0.882 bits per heavy atom. The number of ether oxygens (including phenoxy) is 1. The molecule has 17 heavy (non-hydrogen) atoms. The summed E-state index contributed by atoms with van der Waals surface area (Å²) < 4.78 is 68.2. The van der Waals surface area contributed by atoms with Gasteiger partial charge < -0.3 is 4.74 Å². The number of hydrogen-bond acceptors (Lipinski definition) is 2. The molecule has 0 saturated heterocycles. The van der Waals surface area contributed by atoms with Crippen LogP contribution in [0, 0.1) is 29.1 Å². The number of benzene rings is 1. The average molecular weight is 252 g/mol. The molecule has 0 heterocycles. The third-order valence-corrected chi connectivity index (χ3v) is 1.79. The van der Waals surface area contributed by atoms with Crippen LogP contribution in [0.3, 0.4) is 0 Å². The summed E-state index contributed by atoms with van der Waals surface area (Å²) in [7, 11) is 0. The van der Waals surface area contributed by atoms with Gasteiger partial charge in [0, 0.05) is 0 Å². The predicted molar refractivity (Wildman–Crippen MR) is 47.3 cm³/mol. The van der Waals surface area contributed by atoms with Crippen LogP contribution in [0.1, 0.15) is 5.56 Å². The van der Waals surface area contributed by atoms with E-state index in [9.17, 15) is 26.7 Å². The van der Waals surface area contributed by atoms with E-state index in [0.717, 1.165) is 6.08 Å². The Labute approximate surface area is 92.3 Å². The molecule has 0 atom stereocenters. The van der Waals surface area contributed by atoms with E-state index in [4.69, 9.17) is 0 Å². The summed E-state index contributed by atoms with van der Waals surface area (Å²) in [6.07, 6.45) is 1.58. The average Bonchev–Trinajstić information content (AvgIpc) is 2.33. The van der Waals surface area contributed by atoms with Crippen molar-refractivity contribution in [3.8, 4) is 0 Å². The topological polar surface area (TPSA) is 26.3 Å². The minimum Gasteiger partial charge on any atom is -0.464 e. The highest BCUT2D eigenvalue weighted by molar-refractivity contribution is 5.52. The van der Waals surface area contributed by atoms with Crippen molar-refractivity contribution in [3.63, 3.8) is 0 Å². The van der Waals surface area contributed by atoms with Gasteiger partial charge in [-0.1, -0.05) is 0 Å². The van der Waals surface area contributed by atoms with Gasteiger partial charge in [-0.15, -0.1) is 0 Å². The number of rotatable bonds is 4. The van der Waals surface area contributed by atoms with E-state index in [-0.39, 0.29) is 13.1 Å². The lowest BCUT2D eigenvalue weighted by Crippen LogP contribution is -2.04. The smallest absolute Gasteiger partial charge is 0.293 e. The normalized spacial score (nSPS) is 10.9. The van der Waals surface area contributed by atoms with Gasteiger partial charge in [-0.05, 0) is 12.2 Å². The van der Waals surface area contributed by atoms with E-state index < -0.39 is 34.6 Å². The molecule has 0 aliphatic carbocycles. The fourth-order valence-electron chi connectivity index (χ4n) is 1.03. The molecule has 1 aromatic carbocycles. The standard InChI is InChI=1S/C10H5F5O2/c11-6-5(2-1-3-17-4-16)7(12)9(14)10(15)8(6)13/h1-2,4H,3H2/b2-1+. The molecule has 0 bridgehead atoms. The highest BCUT2D eigenvalue weighted by atomic mass is 19.2. The van der Waals surface area contributed by atoms with Gasteiger partial charge in [0.1, 0.15) is 6.61 Å². The zero-order valence-electron chi connectivity index (χ0n) is 8.15. The summed E-state index contributed by atoms with van der Waals surface area (Å²) in [6, 6.07) is 0. The van der Waals surface area contributed by atoms with Gasteiger partial charge >= 0.3 is 0 Å². The molecule has 0 radical (unpaired) electrons. The maximum absolute atomic E-state index is 13.0.